The molecule has 118 valence electrons. The summed E-state index contributed by atoms with van der Waals surface area (Å²) in [4.78, 5) is 15.1. The van der Waals surface area contributed by atoms with Gasteiger partial charge >= 0.3 is 12.1 Å². The highest BCUT2D eigenvalue weighted by molar-refractivity contribution is 7.13. The minimum atomic E-state index is -4.48. The molecule has 2 aromatic rings. The summed E-state index contributed by atoms with van der Waals surface area (Å²) in [6.45, 7) is 3.22. The molecule has 2 rings (SSSR count). The molecule has 2 N–H and O–H groups in total. The molecular weight excluding hydrogens is 317 g/mol. The van der Waals surface area contributed by atoms with Gasteiger partial charge in [-0.25, -0.2) is 9.78 Å². The Balaban J connectivity index is 2.35. The van der Waals surface area contributed by atoms with E-state index in [1.807, 2.05) is 0 Å². The predicted octanol–water partition coefficient (Wildman–Crippen LogP) is 3.39. The second kappa shape index (κ2) is 6.05. The molecule has 1 aromatic heterocycles. The van der Waals surface area contributed by atoms with Gasteiger partial charge in [-0.15, -0.1) is 11.3 Å². The number of alkyl halides is 3. The number of benzene rings is 1. The molecule has 0 aliphatic rings. The van der Waals surface area contributed by atoms with Gasteiger partial charge in [-0.2, -0.15) is 13.2 Å². The first kappa shape index (κ1) is 16.4. The van der Waals surface area contributed by atoms with Crippen LogP contribution in [0.1, 0.15) is 18.2 Å². The van der Waals surface area contributed by atoms with Crippen molar-refractivity contribution in [2.24, 2.45) is 5.73 Å². The summed E-state index contributed by atoms with van der Waals surface area (Å²) in [6, 6.07) is 3.89. The first-order valence-electron chi connectivity index (χ1n) is 6.29. The normalized spacial score (nSPS) is 13.0. The van der Waals surface area contributed by atoms with E-state index in [1.54, 1.807) is 19.1 Å². The molecule has 0 saturated carbocycles. The molecule has 0 fully saturated rings. The van der Waals surface area contributed by atoms with E-state index in [9.17, 15) is 18.0 Å². The van der Waals surface area contributed by atoms with Gasteiger partial charge in [0.15, 0.2) is 5.69 Å². The third kappa shape index (κ3) is 3.63. The van der Waals surface area contributed by atoms with E-state index in [1.165, 1.54) is 13.0 Å². The van der Waals surface area contributed by atoms with E-state index in [2.05, 4.69) is 4.98 Å². The van der Waals surface area contributed by atoms with Crippen LogP contribution < -0.4 is 10.5 Å². The molecule has 0 amide bonds. The van der Waals surface area contributed by atoms with Gasteiger partial charge < -0.3 is 10.5 Å². The lowest BCUT2D eigenvalue weighted by atomic mass is 10.1. The molecule has 0 unspecified atom stereocenters. The van der Waals surface area contributed by atoms with Crippen molar-refractivity contribution < 1.29 is 22.7 Å². The fourth-order valence-corrected chi connectivity index (χ4v) is 2.54. The van der Waals surface area contributed by atoms with Crippen LogP contribution in [0, 0.1) is 6.92 Å². The molecule has 0 saturated heterocycles. The monoisotopic (exact) mass is 330 g/mol. The van der Waals surface area contributed by atoms with Crippen LogP contribution in [0.3, 0.4) is 0 Å². The van der Waals surface area contributed by atoms with Gasteiger partial charge in [-0.3, -0.25) is 0 Å². The van der Waals surface area contributed by atoms with Crippen molar-refractivity contribution in [1.29, 1.82) is 0 Å². The summed E-state index contributed by atoms with van der Waals surface area (Å²) in [5.74, 6) is -0.406. The Bertz CT molecular complexity index is 696. The van der Waals surface area contributed by atoms with Crippen LogP contribution in [-0.2, 0) is 11.0 Å². The molecule has 0 radical (unpaired) electrons. The number of thiazole rings is 1. The minimum Gasteiger partial charge on any atom is -0.425 e. The van der Waals surface area contributed by atoms with Gasteiger partial charge in [-0.05, 0) is 31.5 Å². The van der Waals surface area contributed by atoms with E-state index in [0.717, 1.165) is 22.3 Å². The van der Waals surface area contributed by atoms with Gasteiger partial charge in [0.2, 0.25) is 0 Å². The lowest BCUT2D eigenvalue weighted by Gasteiger charge is -2.09. The molecular formula is C14H13F3N2O2S. The topological polar surface area (TPSA) is 65.2 Å². The number of aryl methyl sites for hydroxylation is 1. The zero-order valence-electron chi connectivity index (χ0n) is 11.8. The number of nitrogens with two attached hydrogens (primary N) is 1. The number of rotatable bonds is 3. The van der Waals surface area contributed by atoms with E-state index in [0.29, 0.717) is 5.56 Å². The van der Waals surface area contributed by atoms with Crippen LogP contribution in [0.4, 0.5) is 13.2 Å². The molecule has 1 aromatic carbocycles. The molecule has 8 heteroatoms. The lowest BCUT2D eigenvalue weighted by Crippen LogP contribution is -2.30. The number of ether oxygens (including phenoxy) is 1. The maximum Gasteiger partial charge on any atom is 0.434 e. The van der Waals surface area contributed by atoms with Crippen molar-refractivity contribution in [2.75, 3.05) is 0 Å². The van der Waals surface area contributed by atoms with Crippen molar-refractivity contribution in [2.45, 2.75) is 26.1 Å². The predicted molar refractivity (Wildman–Crippen MR) is 76.6 cm³/mol. The smallest absolute Gasteiger partial charge is 0.425 e. The zero-order valence-corrected chi connectivity index (χ0v) is 12.6. The molecule has 4 nitrogen and oxygen atoms in total. The van der Waals surface area contributed by atoms with Gasteiger partial charge in [0, 0.05) is 10.9 Å². The van der Waals surface area contributed by atoms with E-state index >= 15 is 0 Å². The number of aromatic nitrogens is 1. The Morgan fingerprint density at radius 1 is 1.41 bits per heavy atom. The summed E-state index contributed by atoms with van der Waals surface area (Å²) < 4.78 is 42.9. The number of nitrogens with zero attached hydrogens (tertiary/aromatic N) is 1. The Labute approximate surface area is 128 Å². The quantitative estimate of drug-likeness (QED) is 0.692. The Kier molecular flexibility index (Phi) is 4.52. The SMILES string of the molecule is Cc1ccc(OC(=O)[C@H](C)N)cc1-c1nc(C(F)(F)F)cs1. The Hall–Kier alpha value is -1.93. The van der Waals surface area contributed by atoms with Crippen molar-refractivity contribution in [1.82, 2.24) is 4.98 Å². The van der Waals surface area contributed by atoms with Crippen LogP contribution in [0.2, 0.25) is 0 Å². The summed E-state index contributed by atoms with van der Waals surface area (Å²) in [5, 5.41) is 1.17. The number of carbonyl (C=O) groups is 1. The van der Waals surface area contributed by atoms with Crippen LogP contribution in [0.25, 0.3) is 10.6 Å². The number of hydrogen-bond acceptors (Lipinski definition) is 5. The van der Waals surface area contributed by atoms with Gasteiger partial charge in [-0.1, -0.05) is 6.07 Å². The second-order valence-electron chi connectivity index (χ2n) is 4.72. The molecule has 1 heterocycles. The zero-order chi connectivity index (χ0) is 16.5. The van der Waals surface area contributed by atoms with Gasteiger partial charge in [0.1, 0.15) is 16.8 Å². The number of halogens is 3. The highest BCUT2D eigenvalue weighted by Gasteiger charge is 2.34. The maximum atomic E-state index is 12.6. The highest BCUT2D eigenvalue weighted by atomic mass is 32.1. The largest absolute Gasteiger partial charge is 0.434 e. The maximum absolute atomic E-state index is 12.6. The summed E-state index contributed by atoms with van der Waals surface area (Å²) >= 11 is 0.881. The van der Waals surface area contributed by atoms with E-state index in [-0.39, 0.29) is 10.8 Å². The molecule has 0 spiro atoms. The average Bonchev–Trinajstić information content (AvgIpc) is 2.90. The summed E-state index contributed by atoms with van der Waals surface area (Å²) in [7, 11) is 0. The van der Waals surface area contributed by atoms with Crippen molar-refractivity contribution >= 4 is 17.3 Å². The van der Waals surface area contributed by atoms with Crippen LogP contribution in [0.15, 0.2) is 23.6 Å². The molecule has 0 aliphatic carbocycles. The summed E-state index contributed by atoms with van der Waals surface area (Å²) in [6.07, 6.45) is -4.48. The molecule has 1 atom stereocenters. The first-order valence-corrected chi connectivity index (χ1v) is 7.17. The van der Waals surface area contributed by atoms with Gasteiger partial charge in [0.25, 0.3) is 0 Å². The standard InChI is InChI=1S/C14H13F3N2O2S/c1-7-3-4-9(21-13(20)8(2)18)5-10(7)12-19-11(6-22-12)14(15,16)17/h3-6,8H,18H2,1-2H3/t8-/m0/s1. The Morgan fingerprint density at radius 2 is 2.09 bits per heavy atom. The molecule has 0 aliphatic heterocycles. The fraction of sp³-hybridized carbons (Fsp3) is 0.286. The van der Waals surface area contributed by atoms with Gasteiger partial charge in [0.05, 0.1) is 0 Å². The van der Waals surface area contributed by atoms with Crippen molar-refractivity contribution in [3.63, 3.8) is 0 Å². The third-order valence-corrected chi connectivity index (χ3v) is 3.70. The van der Waals surface area contributed by atoms with E-state index < -0.39 is 23.9 Å². The molecule has 22 heavy (non-hydrogen) atoms. The van der Waals surface area contributed by atoms with Crippen molar-refractivity contribution in [3.8, 4) is 16.3 Å². The van der Waals surface area contributed by atoms with Crippen molar-refractivity contribution in [3.05, 3.63) is 34.8 Å². The average molecular weight is 330 g/mol. The third-order valence-electron chi connectivity index (χ3n) is 2.82. The number of esters is 1. The second-order valence-corrected chi connectivity index (χ2v) is 5.58. The molecule has 0 bridgehead atoms. The van der Waals surface area contributed by atoms with Crippen LogP contribution in [-0.4, -0.2) is 17.0 Å². The lowest BCUT2D eigenvalue weighted by molar-refractivity contribution is -0.140. The Morgan fingerprint density at radius 3 is 2.64 bits per heavy atom. The first-order chi connectivity index (χ1) is 10.2. The van der Waals surface area contributed by atoms with Crippen LogP contribution in [0.5, 0.6) is 5.75 Å². The fourth-order valence-electron chi connectivity index (χ4n) is 1.63. The highest BCUT2D eigenvalue weighted by Crippen LogP contribution is 2.35. The van der Waals surface area contributed by atoms with Crippen LogP contribution >= 0.6 is 11.3 Å². The number of hydrogen-bond donors (Lipinski definition) is 1. The summed E-state index contributed by atoms with van der Waals surface area (Å²) in [5.41, 5.74) is 5.67. The minimum absolute atomic E-state index is 0.212. The van der Waals surface area contributed by atoms with E-state index in [4.69, 9.17) is 10.5 Å². The number of carbonyl (C=O) groups excluding carboxylic acids is 1.